The van der Waals surface area contributed by atoms with Crippen molar-refractivity contribution < 1.29 is 4.79 Å². The summed E-state index contributed by atoms with van der Waals surface area (Å²) in [5.74, 6) is -0.202. The van der Waals surface area contributed by atoms with E-state index in [0.29, 0.717) is 17.1 Å². The van der Waals surface area contributed by atoms with E-state index in [1.807, 2.05) is 14.0 Å². The van der Waals surface area contributed by atoms with Crippen molar-refractivity contribution in [3.05, 3.63) is 34.9 Å². The fraction of sp³-hybridized carbons (Fsp3) is 0.231. The Labute approximate surface area is 124 Å². The van der Waals surface area contributed by atoms with Crippen LogP contribution in [0.4, 0.5) is 5.69 Å². The van der Waals surface area contributed by atoms with Crippen LogP contribution in [0.3, 0.4) is 0 Å². The van der Waals surface area contributed by atoms with Crippen LogP contribution in [0.15, 0.2) is 18.6 Å². The lowest BCUT2D eigenvalue weighted by atomic mass is 10.2. The Balaban J connectivity index is 1.85. The summed E-state index contributed by atoms with van der Waals surface area (Å²) in [6.07, 6.45) is 3.08. The molecular formula is C13H14N6OS. The lowest BCUT2D eigenvalue weighted by Gasteiger charge is -2.03. The number of fused-ring (bicyclic) bond motifs is 1. The molecule has 0 radical (unpaired) electrons. The van der Waals surface area contributed by atoms with E-state index in [1.54, 1.807) is 16.9 Å². The van der Waals surface area contributed by atoms with Gasteiger partial charge in [0.2, 0.25) is 0 Å². The average molecular weight is 302 g/mol. The number of aryl methyl sites for hydroxylation is 2. The summed E-state index contributed by atoms with van der Waals surface area (Å²) in [4.78, 5) is 21.6. The van der Waals surface area contributed by atoms with E-state index < -0.39 is 0 Å². The standard InChI is InChI=1S/C13H14N6OS/c1-7-9-10(14)11(21-13(9)19(2)18-7)12(20)16-5-8-3-4-15-6-17-8/h3-4,6H,5,14H2,1-2H3,(H,16,20). The van der Waals surface area contributed by atoms with Crippen molar-refractivity contribution in [2.24, 2.45) is 7.05 Å². The van der Waals surface area contributed by atoms with Crippen LogP contribution < -0.4 is 11.1 Å². The van der Waals surface area contributed by atoms with E-state index in [9.17, 15) is 4.79 Å². The normalized spacial score (nSPS) is 11.0. The molecule has 0 bridgehead atoms. The second kappa shape index (κ2) is 5.13. The maximum atomic E-state index is 12.3. The van der Waals surface area contributed by atoms with E-state index in [2.05, 4.69) is 20.4 Å². The van der Waals surface area contributed by atoms with E-state index in [4.69, 9.17) is 5.73 Å². The van der Waals surface area contributed by atoms with E-state index in [1.165, 1.54) is 17.7 Å². The zero-order valence-corrected chi connectivity index (χ0v) is 12.4. The van der Waals surface area contributed by atoms with Gasteiger partial charge in [-0.3, -0.25) is 9.48 Å². The number of hydrogen-bond acceptors (Lipinski definition) is 6. The minimum atomic E-state index is -0.202. The van der Waals surface area contributed by atoms with Gasteiger partial charge in [0.15, 0.2) is 0 Å². The molecule has 0 aromatic carbocycles. The molecule has 0 unspecified atom stereocenters. The zero-order valence-electron chi connectivity index (χ0n) is 11.6. The quantitative estimate of drug-likeness (QED) is 0.758. The summed E-state index contributed by atoms with van der Waals surface area (Å²) in [5.41, 5.74) is 8.16. The molecule has 0 atom stereocenters. The third-order valence-corrected chi connectivity index (χ3v) is 4.43. The average Bonchev–Trinajstić information content (AvgIpc) is 2.97. The van der Waals surface area contributed by atoms with Gasteiger partial charge in [0.05, 0.1) is 29.0 Å². The smallest absolute Gasteiger partial charge is 0.263 e. The molecular weight excluding hydrogens is 288 g/mol. The van der Waals surface area contributed by atoms with Gasteiger partial charge in [-0.2, -0.15) is 5.10 Å². The first-order valence-electron chi connectivity index (χ1n) is 6.32. The molecule has 0 fully saturated rings. The fourth-order valence-corrected chi connectivity index (χ4v) is 3.27. The van der Waals surface area contributed by atoms with Crippen LogP contribution >= 0.6 is 11.3 Å². The third kappa shape index (κ3) is 2.33. The molecule has 21 heavy (non-hydrogen) atoms. The number of nitrogen functional groups attached to an aromatic ring is 1. The van der Waals surface area contributed by atoms with E-state index in [0.717, 1.165) is 21.6 Å². The molecule has 3 heterocycles. The zero-order chi connectivity index (χ0) is 15.0. The Hall–Kier alpha value is -2.48. The highest BCUT2D eigenvalue weighted by atomic mass is 32.1. The van der Waals surface area contributed by atoms with Crippen LogP contribution in [0.5, 0.6) is 0 Å². The number of aromatic nitrogens is 4. The van der Waals surface area contributed by atoms with Crippen molar-refractivity contribution in [2.75, 3.05) is 5.73 Å². The van der Waals surface area contributed by atoms with Gasteiger partial charge < -0.3 is 11.1 Å². The molecule has 3 N–H and O–H groups in total. The fourth-order valence-electron chi connectivity index (χ4n) is 2.17. The first kappa shape index (κ1) is 13.5. The molecule has 0 aliphatic rings. The molecule has 1 amide bonds. The highest BCUT2D eigenvalue weighted by Gasteiger charge is 2.20. The van der Waals surface area contributed by atoms with Crippen LogP contribution in [0.25, 0.3) is 10.2 Å². The third-order valence-electron chi connectivity index (χ3n) is 3.16. The summed E-state index contributed by atoms with van der Waals surface area (Å²) < 4.78 is 1.74. The van der Waals surface area contributed by atoms with Gasteiger partial charge in [-0.15, -0.1) is 11.3 Å². The van der Waals surface area contributed by atoms with Crippen molar-refractivity contribution >= 4 is 33.1 Å². The van der Waals surface area contributed by atoms with Gasteiger partial charge in [-0.25, -0.2) is 9.97 Å². The maximum Gasteiger partial charge on any atom is 0.263 e. The van der Waals surface area contributed by atoms with Gasteiger partial charge in [0.25, 0.3) is 5.91 Å². The van der Waals surface area contributed by atoms with E-state index >= 15 is 0 Å². The summed E-state index contributed by atoms with van der Waals surface area (Å²) in [5, 5.41) is 7.98. The Morgan fingerprint density at radius 2 is 2.33 bits per heavy atom. The number of amides is 1. The predicted molar refractivity (Wildman–Crippen MR) is 80.9 cm³/mol. The monoisotopic (exact) mass is 302 g/mol. The van der Waals surface area contributed by atoms with Crippen LogP contribution in [-0.4, -0.2) is 25.7 Å². The molecule has 0 saturated heterocycles. The van der Waals surface area contributed by atoms with Gasteiger partial charge >= 0.3 is 0 Å². The number of rotatable bonds is 3. The Morgan fingerprint density at radius 3 is 3.00 bits per heavy atom. The maximum absolute atomic E-state index is 12.3. The minimum absolute atomic E-state index is 0.202. The summed E-state index contributed by atoms with van der Waals surface area (Å²) in [6.45, 7) is 2.22. The first-order chi connectivity index (χ1) is 10.1. The van der Waals surface area contributed by atoms with Crippen molar-refractivity contribution in [1.82, 2.24) is 25.1 Å². The SMILES string of the molecule is Cc1nn(C)c2sc(C(=O)NCc3ccncn3)c(N)c12. The Bertz CT molecular complexity index is 807. The number of nitrogens with zero attached hydrogens (tertiary/aromatic N) is 4. The van der Waals surface area contributed by atoms with Crippen molar-refractivity contribution in [3.63, 3.8) is 0 Å². The highest BCUT2D eigenvalue weighted by molar-refractivity contribution is 7.21. The molecule has 0 aliphatic carbocycles. The lowest BCUT2D eigenvalue weighted by molar-refractivity contribution is 0.0955. The topological polar surface area (TPSA) is 98.7 Å². The van der Waals surface area contributed by atoms with Crippen LogP contribution in [0, 0.1) is 6.92 Å². The molecule has 7 nitrogen and oxygen atoms in total. The van der Waals surface area contributed by atoms with Crippen LogP contribution in [-0.2, 0) is 13.6 Å². The number of thiophene rings is 1. The number of hydrogen-bond donors (Lipinski definition) is 2. The number of anilines is 1. The molecule has 0 aliphatic heterocycles. The largest absolute Gasteiger partial charge is 0.397 e. The number of carbonyl (C=O) groups is 1. The Kier molecular flexibility index (Phi) is 3.30. The number of carbonyl (C=O) groups excluding carboxylic acids is 1. The molecule has 3 aromatic heterocycles. The number of nitrogens with one attached hydrogen (secondary N) is 1. The number of nitrogens with two attached hydrogens (primary N) is 1. The second-order valence-corrected chi connectivity index (χ2v) is 5.62. The van der Waals surface area contributed by atoms with Gasteiger partial charge in [0, 0.05) is 13.2 Å². The van der Waals surface area contributed by atoms with Gasteiger partial charge in [0.1, 0.15) is 16.0 Å². The lowest BCUT2D eigenvalue weighted by Crippen LogP contribution is -2.23. The van der Waals surface area contributed by atoms with Gasteiger partial charge in [-0.1, -0.05) is 0 Å². The summed E-state index contributed by atoms with van der Waals surface area (Å²) in [6, 6.07) is 1.75. The van der Waals surface area contributed by atoms with Crippen molar-refractivity contribution in [3.8, 4) is 0 Å². The molecule has 0 saturated carbocycles. The van der Waals surface area contributed by atoms with Crippen LogP contribution in [0.1, 0.15) is 21.1 Å². The molecule has 3 aromatic rings. The van der Waals surface area contributed by atoms with E-state index in [-0.39, 0.29) is 5.91 Å². The Morgan fingerprint density at radius 1 is 1.52 bits per heavy atom. The highest BCUT2D eigenvalue weighted by Crippen LogP contribution is 2.35. The van der Waals surface area contributed by atoms with Crippen molar-refractivity contribution in [2.45, 2.75) is 13.5 Å². The summed E-state index contributed by atoms with van der Waals surface area (Å²) >= 11 is 1.35. The molecule has 0 spiro atoms. The second-order valence-electron chi connectivity index (χ2n) is 4.62. The predicted octanol–water partition coefficient (Wildman–Crippen LogP) is 1.25. The summed E-state index contributed by atoms with van der Waals surface area (Å²) in [7, 11) is 1.84. The van der Waals surface area contributed by atoms with Crippen LogP contribution in [0.2, 0.25) is 0 Å². The molecule has 8 heteroatoms. The van der Waals surface area contributed by atoms with Gasteiger partial charge in [-0.05, 0) is 13.0 Å². The first-order valence-corrected chi connectivity index (χ1v) is 7.14. The molecule has 3 rings (SSSR count). The van der Waals surface area contributed by atoms with Crippen molar-refractivity contribution in [1.29, 1.82) is 0 Å². The minimum Gasteiger partial charge on any atom is -0.397 e. The molecule has 108 valence electrons.